The minimum absolute atomic E-state index is 0.241. The van der Waals surface area contributed by atoms with Crippen LogP contribution in [0.4, 0.5) is 0 Å². The zero-order chi connectivity index (χ0) is 17.7. The standard InChI is InChI=1S/C15H21N3O5S/c1-24(22,23)17-16-12(10-11-6-3-2-4-7-11)14(19)18-9-5-8-13(18)15(20)21/h2-4,6-7,12-13,16-17H,5,8-10H2,1H3,(H,20,21)/t12-,13?/m1/s1. The van der Waals surface area contributed by atoms with Gasteiger partial charge in [0.1, 0.15) is 12.1 Å². The Hall–Kier alpha value is -1.97. The summed E-state index contributed by atoms with van der Waals surface area (Å²) in [6, 6.07) is 7.36. The molecule has 0 aromatic heterocycles. The SMILES string of the molecule is CS(=O)(=O)NN[C@H](Cc1ccccc1)C(=O)N1CCCC1C(=O)O. The van der Waals surface area contributed by atoms with Crippen LogP contribution in [-0.2, 0) is 26.0 Å². The zero-order valence-electron chi connectivity index (χ0n) is 13.3. The van der Waals surface area contributed by atoms with Gasteiger partial charge < -0.3 is 10.0 Å². The van der Waals surface area contributed by atoms with Gasteiger partial charge in [-0.05, 0) is 24.8 Å². The van der Waals surface area contributed by atoms with Crippen molar-refractivity contribution in [1.82, 2.24) is 15.2 Å². The minimum Gasteiger partial charge on any atom is -0.480 e. The number of amides is 1. The van der Waals surface area contributed by atoms with Crippen molar-refractivity contribution in [2.75, 3.05) is 12.8 Å². The average molecular weight is 355 g/mol. The summed E-state index contributed by atoms with van der Waals surface area (Å²) in [5, 5.41) is 9.24. The van der Waals surface area contributed by atoms with Gasteiger partial charge in [0.2, 0.25) is 15.9 Å². The van der Waals surface area contributed by atoms with Crippen LogP contribution in [0.2, 0.25) is 0 Å². The molecule has 1 amide bonds. The molecule has 1 aliphatic heterocycles. The number of carbonyl (C=O) groups is 2. The van der Waals surface area contributed by atoms with Gasteiger partial charge in [-0.3, -0.25) is 4.79 Å². The van der Waals surface area contributed by atoms with Crippen LogP contribution in [0.1, 0.15) is 18.4 Å². The molecule has 1 aliphatic rings. The summed E-state index contributed by atoms with van der Waals surface area (Å²) < 4.78 is 22.6. The van der Waals surface area contributed by atoms with E-state index in [0.29, 0.717) is 19.4 Å². The van der Waals surface area contributed by atoms with Crippen molar-refractivity contribution in [3.05, 3.63) is 35.9 Å². The van der Waals surface area contributed by atoms with E-state index in [-0.39, 0.29) is 6.42 Å². The van der Waals surface area contributed by atoms with E-state index < -0.39 is 34.0 Å². The lowest BCUT2D eigenvalue weighted by Gasteiger charge is -2.27. The van der Waals surface area contributed by atoms with Gasteiger partial charge in [-0.2, -0.15) is 4.83 Å². The number of hydrogen-bond donors (Lipinski definition) is 3. The molecule has 1 saturated heterocycles. The summed E-state index contributed by atoms with van der Waals surface area (Å²) in [7, 11) is -3.55. The number of carbonyl (C=O) groups excluding carboxylic acids is 1. The summed E-state index contributed by atoms with van der Waals surface area (Å²) in [6.45, 7) is 0.349. The van der Waals surface area contributed by atoms with Crippen molar-refractivity contribution >= 4 is 21.9 Å². The Morgan fingerprint density at radius 1 is 1.33 bits per heavy atom. The normalized spacial score (nSPS) is 19.2. The summed E-state index contributed by atoms with van der Waals surface area (Å²) in [5.41, 5.74) is 3.36. The van der Waals surface area contributed by atoms with Crippen LogP contribution in [0.3, 0.4) is 0 Å². The van der Waals surface area contributed by atoms with Crippen molar-refractivity contribution in [1.29, 1.82) is 0 Å². The fourth-order valence-corrected chi connectivity index (χ4v) is 3.07. The monoisotopic (exact) mass is 355 g/mol. The third kappa shape index (κ3) is 5.02. The molecule has 1 fully saturated rings. The topological polar surface area (TPSA) is 116 Å². The molecule has 0 aliphatic carbocycles. The van der Waals surface area contributed by atoms with Gasteiger partial charge in [0.05, 0.1) is 6.26 Å². The molecule has 24 heavy (non-hydrogen) atoms. The summed E-state index contributed by atoms with van der Waals surface area (Å²) >= 11 is 0. The Morgan fingerprint density at radius 2 is 2.00 bits per heavy atom. The maximum absolute atomic E-state index is 12.7. The second kappa shape index (κ2) is 7.73. The number of nitrogens with zero attached hydrogens (tertiary/aromatic N) is 1. The van der Waals surface area contributed by atoms with E-state index in [1.165, 1.54) is 4.90 Å². The molecule has 8 nitrogen and oxygen atoms in total. The number of aliphatic carboxylic acids is 1. The number of carboxylic acid groups (broad SMARTS) is 1. The molecule has 0 radical (unpaired) electrons. The third-order valence-electron chi connectivity index (χ3n) is 3.82. The van der Waals surface area contributed by atoms with Gasteiger partial charge in [0, 0.05) is 6.54 Å². The van der Waals surface area contributed by atoms with Gasteiger partial charge in [0.15, 0.2) is 0 Å². The highest BCUT2D eigenvalue weighted by Gasteiger charge is 2.37. The quantitative estimate of drug-likeness (QED) is 0.580. The summed E-state index contributed by atoms with van der Waals surface area (Å²) in [5.74, 6) is -1.48. The van der Waals surface area contributed by atoms with Gasteiger partial charge in [-0.1, -0.05) is 30.3 Å². The van der Waals surface area contributed by atoms with Crippen molar-refractivity contribution < 1.29 is 23.1 Å². The lowest BCUT2D eigenvalue weighted by Crippen LogP contribution is -2.55. The van der Waals surface area contributed by atoms with E-state index in [9.17, 15) is 23.1 Å². The fraction of sp³-hybridized carbons (Fsp3) is 0.467. The maximum atomic E-state index is 12.7. The number of carboxylic acids is 1. The van der Waals surface area contributed by atoms with Gasteiger partial charge in [-0.25, -0.2) is 18.6 Å². The first-order valence-corrected chi connectivity index (χ1v) is 9.46. The lowest BCUT2D eigenvalue weighted by molar-refractivity contribution is -0.149. The third-order valence-corrected chi connectivity index (χ3v) is 4.31. The number of hydrogen-bond acceptors (Lipinski definition) is 5. The molecular weight excluding hydrogens is 334 g/mol. The first-order valence-electron chi connectivity index (χ1n) is 7.57. The minimum atomic E-state index is -3.55. The highest BCUT2D eigenvalue weighted by atomic mass is 32.2. The van der Waals surface area contributed by atoms with Gasteiger partial charge in [0.25, 0.3) is 0 Å². The van der Waals surface area contributed by atoms with E-state index >= 15 is 0 Å². The van der Waals surface area contributed by atoms with Crippen molar-refractivity contribution in [2.24, 2.45) is 0 Å². The molecule has 1 aromatic carbocycles. The molecule has 132 valence electrons. The second-order valence-corrected chi connectivity index (χ2v) is 7.54. The highest BCUT2D eigenvalue weighted by molar-refractivity contribution is 7.88. The second-order valence-electron chi connectivity index (χ2n) is 5.79. The predicted octanol–water partition coefficient (Wildman–Crippen LogP) is -0.273. The molecule has 1 heterocycles. The van der Waals surface area contributed by atoms with Crippen LogP contribution in [0.25, 0.3) is 0 Å². The first-order chi connectivity index (χ1) is 11.3. The number of hydrazine groups is 1. The van der Waals surface area contributed by atoms with Crippen LogP contribution in [0, 0.1) is 0 Å². The first kappa shape index (κ1) is 18.4. The van der Waals surface area contributed by atoms with Crippen molar-refractivity contribution in [3.63, 3.8) is 0 Å². The molecule has 9 heteroatoms. The maximum Gasteiger partial charge on any atom is 0.326 e. The van der Waals surface area contributed by atoms with Crippen LogP contribution < -0.4 is 10.3 Å². The smallest absolute Gasteiger partial charge is 0.326 e. The van der Waals surface area contributed by atoms with E-state index in [0.717, 1.165) is 11.8 Å². The van der Waals surface area contributed by atoms with Crippen LogP contribution in [0.15, 0.2) is 30.3 Å². The molecule has 2 atom stereocenters. The molecular formula is C15H21N3O5S. The number of rotatable bonds is 7. The largest absolute Gasteiger partial charge is 0.480 e. The van der Waals surface area contributed by atoms with E-state index in [4.69, 9.17) is 0 Å². The van der Waals surface area contributed by atoms with Crippen molar-refractivity contribution in [2.45, 2.75) is 31.3 Å². The summed E-state index contributed by atoms with van der Waals surface area (Å²) in [4.78, 5) is 27.5. The predicted molar refractivity (Wildman–Crippen MR) is 87.4 cm³/mol. The van der Waals surface area contributed by atoms with Gasteiger partial charge >= 0.3 is 5.97 Å². The summed E-state index contributed by atoms with van der Waals surface area (Å²) in [6.07, 6.45) is 2.23. The molecule has 1 unspecified atom stereocenters. The molecule has 0 bridgehead atoms. The fourth-order valence-electron chi connectivity index (χ4n) is 2.72. The van der Waals surface area contributed by atoms with E-state index in [2.05, 4.69) is 10.3 Å². The van der Waals surface area contributed by atoms with Crippen LogP contribution >= 0.6 is 0 Å². The van der Waals surface area contributed by atoms with E-state index in [1.54, 1.807) is 0 Å². The molecule has 0 spiro atoms. The van der Waals surface area contributed by atoms with Gasteiger partial charge in [-0.15, -0.1) is 0 Å². The highest BCUT2D eigenvalue weighted by Crippen LogP contribution is 2.19. The number of benzene rings is 1. The molecule has 2 rings (SSSR count). The molecule has 1 aromatic rings. The number of nitrogens with one attached hydrogen (secondary N) is 2. The average Bonchev–Trinajstić information content (AvgIpc) is 3.00. The Labute approximate surface area is 140 Å². The Balaban J connectivity index is 2.17. The Bertz CT molecular complexity index is 692. The zero-order valence-corrected chi connectivity index (χ0v) is 14.1. The van der Waals surface area contributed by atoms with Crippen molar-refractivity contribution in [3.8, 4) is 0 Å². The Morgan fingerprint density at radius 3 is 2.58 bits per heavy atom. The van der Waals surface area contributed by atoms with Crippen LogP contribution in [-0.4, -0.2) is 55.2 Å². The number of likely N-dealkylation sites (tertiary alicyclic amines) is 1. The molecule has 0 saturated carbocycles. The van der Waals surface area contributed by atoms with E-state index in [1.807, 2.05) is 30.3 Å². The Kier molecular flexibility index (Phi) is 5.92. The molecule has 3 N–H and O–H groups in total. The van der Waals surface area contributed by atoms with Crippen LogP contribution in [0.5, 0.6) is 0 Å². The number of sulfonamides is 1. The lowest BCUT2D eigenvalue weighted by atomic mass is 10.0.